The number of rotatable bonds is 8. The molecular weight excluding hydrogens is 283 g/mol. The molecule has 4 heteroatoms. The third-order valence-electron chi connectivity index (χ3n) is 3.05. The van der Waals surface area contributed by atoms with Crippen molar-refractivity contribution in [2.24, 2.45) is 0 Å². The van der Waals surface area contributed by atoms with Crippen LogP contribution < -0.4 is 4.74 Å². The molecule has 0 aliphatic carbocycles. The first-order chi connectivity index (χ1) is 10.3. The summed E-state index contributed by atoms with van der Waals surface area (Å²) in [6, 6.07) is 17.9. The maximum Gasteiger partial charge on any atom is 0.508 e. The molecule has 0 aliphatic rings. The molecule has 1 unspecified atom stereocenters. The van der Waals surface area contributed by atoms with E-state index in [9.17, 15) is 4.57 Å². The van der Waals surface area contributed by atoms with Gasteiger partial charge < -0.3 is 4.74 Å². The molecule has 0 N–H and O–H groups in total. The van der Waals surface area contributed by atoms with Gasteiger partial charge in [-0.25, -0.2) is 0 Å². The molecule has 2 rings (SSSR count). The topological polar surface area (TPSA) is 35.5 Å². The van der Waals surface area contributed by atoms with Crippen LogP contribution in [0.25, 0.3) is 0 Å². The lowest BCUT2D eigenvalue weighted by Crippen LogP contribution is -1.99. The molecule has 0 spiro atoms. The zero-order chi connectivity index (χ0) is 14.9. The van der Waals surface area contributed by atoms with Gasteiger partial charge in [-0.15, -0.1) is 4.52 Å². The van der Waals surface area contributed by atoms with Crippen LogP contribution in [0.5, 0.6) is 5.75 Å². The second-order valence-corrected chi connectivity index (χ2v) is 5.98. The zero-order valence-corrected chi connectivity index (χ0v) is 13.1. The molecule has 0 saturated heterocycles. The highest BCUT2D eigenvalue weighted by Crippen LogP contribution is 2.26. The van der Waals surface area contributed by atoms with Crippen molar-refractivity contribution in [1.82, 2.24) is 0 Å². The van der Waals surface area contributed by atoms with Crippen LogP contribution in [0, 0.1) is 0 Å². The molecule has 110 valence electrons. The second kappa shape index (κ2) is 8.56. The fourth-order valence-corrected chi connectivity index (χ4v) is 2.85. The van der Waals surface area contributed by atoms with Crippen molar-refractivity contribution < 1.29 is 13.8 Å². The summed E-state index contributed by atoms with van der Waals surface area (Å²) in [6.07, 6.45) is 1.22. The highest BCUT2D eigenvalue weighted by molar-refractivity contribution is 7.39. The van der Waals surface area contributed by atoms with Gasteiger partial charge in [0.25, 0.3) is 0 Å². The highest BCUT2D eigenvalue weighted by Gasteiger charge is 2.17. The minimum absolute atomic E-state index is 0.487. The standard InChI is InChI=1S/C17H20O3P/c1-2-20-21(18)13-12-16-10-6-7-11-17(16)19-14-15-8-4-3-5-9-15/h3-11H,2,12-14H2,1H3/q+1. The van der Waals surface area contributed by atoms with Gasteiger partial charge in [0.1, 0.15) is 12.4 Å². The summed E-state index contributed by atoms with van der Waals surface area (Å²) in [6.45, 7) is 2.88. The van der Waals surface area contributed by atoms with Crippen molar-refractivity contribution in [3.63, 3.8) is 0 Å². The first-order valence-corrected chi connectivity index (χ1v) is 8.48. The molecule has 0 heterocycles. The summed E-state index contributed by atoms with van der Waals surface area (Å²) in [4.78, 5) is 0. The van der Waals surface area contributed by atoms with Gasteiger partial charge in [-0.2, -0.15) is 0 Å². The lowest BCUT2D eigenvalue weighted by Gasteiger charge is -2.10. The molecule has 1 atom stereocenters. The molecule has 21 heavy (non-hydrogen) atoms. The minimum atomic E-state index is -1.58. The average molecular weight is 303 g/mol. The summed E-state index contributed by atoms with van der Waals surface area (Å²) < 4.78 is 22.6. The Balaban J connectivity index is 1.95. The first kappa shape index (κ1) is 15.7. The first-order valence-electron chi connectivity index (χ1n) is 7.12. The van der Waals surface area contributed by atoms with E-state index in [4.69, 9.17) is 9.26 Å². The number of para-hydroxylation sites is 1. The molecule has 2 aromatic carbocycles. The van der Waals surface area contributed by atoms with Gasteiger partial charge >= 0.3 is 8.03 Å². The van der Waals surface area contributed by atoms with Gasteiger partial charge in [0.2, 0.25) is 0 Å². The van der Waals surface area contributed by atoms with Gasteiger partial charge in [-0.1, -0.05) is 48.5 Å². The molecule has 0 aliphatic heterocycles. The normalized spacial score (nSPS) is 11.2. The van der Waals surface area contributed by atoms with E-state index in [2.05, 4.69) is 0 Å². The Hall–Kier alpha value is -1.70. The minimum Gasteiger partial charge on any atom is -0.489 e. The molecule has 2 aromatic rings. The van der Waals surface area contributed by atoms with Crippen molar-refractivity contribution in [1.29, 1.82) is 0 Å². The van der Waals surface area contributed by atoms with Gasteiger partial charge in [0.05, 0.1) is 6.61 Å². The van der Waals surface area contributed by atoms with Crippen LogP contribution in [0.1, 0.15) is 18.1 Å². The number of ether oxygens (including phenoxy) is 1. The average Bonchev–Trinajstić information content (AvgIpc) is 2.53. The maximum absolute atomic E-state index is 11.6. The molecule has 0 radical (unpaired) electrons. The molecule has 0 amide bonds. The van der Waals surface area contributed by atoms with E-state index in [1.165, 1.54) is 0 Å². The van der Waals surface area contributed by atoms with Crippen LogP contribution in [0.4, 0.5) is 0 Å². The van der Waals surface area contributed by atoms with E-state index in [1.807, 2.05) is 61.5 Å². The molecule has 0 aromatic heterocycles. The van der Waals surface area contributed by atoms with Crippen molar-refractivity contribution in [2.45, 2.75) is 20.0 Å². The molecule has 3 nitrogen and oxygen atoms in total. The fraction of sp³-hybridized carbons (Fsp3) is 0.294. The highest BCUT2D eigenvalue weighted by atomic mass is 31.1. The summed E-state index contributed by atoms with van der Waals surface area (Å²) in [5.74, 6) is 0.848. The summed E-state index contributed by atoms with van der Waals surface area (Å²) in [7, 11) is -1.58. The van der Waals surface area contributed by atoms with Crippen molar-refractivity contribution in [2.75, 3.05) is 12.8 Å². The maximum atomic E-state index is 11.6. The molecule has 0 saturated carbocycles. The predicted molar refractivity (Wildman–Crippen MR) is 85.0 cm³/mol. The van der Waals surface area contributed by atoms with Crippen LogP contribution >= 0.6 is 8.03 Å². The Bertz CT molecular complexity index is 569. The Morgan fingerprint density at radius 2 is 1.71 bits per heavy atom. The van der Waals surface area contributed by atoms with E-state index in [1.54, 1.807) is 0 Å². The summed E-state index contributed by atoms with van der Waals surface area (Å²) in [5.41, 5.74) is 2.20. The third-order valence-corrected chi connectivity index (χ3v) is 4.18. The Morgan fingerprint density at radius 3 is 2.48 bits per heavy atom. The number of aryl methyl sites for hydroxylation is 1. The third kappa shape index (κ3) is 5.30. The van der Waals surface area contributed by atoms with Gasteiger partial charge in [-0.3, -0.25) is 0 Å². The number of hydrogen-bond acceptors (Lipinski definition) is 3. The van der Waals surface area contributed by atoms with Gasteiger partial charge in [0, 0.05) is 6.42 Å². The Kier molecular flexibility index (Phi) is 6.39. The van der Waals surface area contributed by atoms with Crippen molar-refractivity contribution in [3.8, 4) is 5.75 Å². The van der Waals surface area contributed by atoms with Gasteiger partial charge in [-0.05, 0) is 28.7 Å². The van der Waals surface area contributed by atoms with Crippen LogP contribution in [0.2, 0.25) is 0 Å². The smallest absolute Gasteiger partial charge is 0.489 e. The van der Waals surface area contributed by atoms with E-state index in [-0.39, 0.29) is 0 Å². The van der Waals surface area contributed by atoms with Crippen LogP contribution in [-0.4, -0.2) is 12.8 Å². The van der Waals surface area contributed by atoms with Gasteiger partial charge in [0.15, 0.2) is 6.16 Å². The largest absolute Gasteiger partial charge is 0.508 e. The van der Waals surface area contributed by atoms with Crippen molar-refractivity contribution >= 4 is 8.03 Å². The molecular formula is C17H20O3P+. The lowest BCUT2D eigenvalue weighted by molar-refractivity contribution is 0.303. The molecule has 0 bridgehead atoms. The van der Waals surface area contributed by atoms with Crippen LogP contribution in [0.3, 0.4) is 0 Å². The van der Waals surface area contributed by atoms with E-state index < -0.39 is 8.03 Å². The Morgan fingerprint density at radius 1 is 1.00 bits per heavy atom. The summed E-state index contributed by atoms with van der Waals surface area (Å²) >= 11 is 0. The molecule has 0 fully saturated rings. The summed E-state index contributed by atoms with van der Waals surface area (Å²) in [5, 5.41) is 0. The zero-order valence-electron chi connectivity index (χ0n) is 12.2. The van der Waals surface area contributed by atoms with E-state index in [0.29, 0.717) is 25.8 Å². The van der Waals surface area contributed by atoms with Crippen molar-refractivity contribution in [3.05, 3.63) is 65.7 Å². The van der Waals surface area contributed by atoms with E-state index >= 15 is 0 Å². The van der Waals surface area contributed by atoms with E-state index in [0.717, 1.165) is 16.9 Å². The lowest BCUT2D eigenvalue weighted by atomic mass is 10.1. The second-order valence-electron chi connectivity index (χ2n) is 4.61. The monoisotopic (exact) mass is 303 g/mol. The fourth-order valence-electron chi connectivity index (χ4n) is 2.01. The van der Waals surface area contributed by atoms with Crippen LogP contribution in [0.15, 0.2) is 54.6 Å². The predicted octanol–water partition coefficient (Wildman–Crippen LogP) is 4.59. The number of benzene rings is 2. The quantitative estimate of drug-likeness (QED) is 0.669. The number of hydrogen-bond donors (Lipinski definition) is 0. The van der Waals surface area contributed by atoms with Crippen LogP contribution in [-0.2, 0) is 22.1 Å². The SMILES string of the molecule is CCO[P+](=O)CCc1ccccc1OCc1ccccc1. The Labute approximate surface area is 126 Å².